The van der Waals surface area contributed by atoms with Gasteiger partial charge in [0.2, 0.25) is 0 Å². The van der Waals surface area contributed by atoms with Crippen molar-refractivity contribution < 1.29 is 0 Å². The van der Waals surface area contributed by atoms with Gasteiger partial charge in [-0.1, -0.05) is 32.8 Å². The predicted molar refractivity (Wildman–Crippen MR) is 68.1 cm³/mol. The lowest BCUT2D eigenvalue weighted by Crippen LogP contribution is -2.36. The van der Waals surface area contributed by atoms with Crippen molar-refractivity contribution >= 4 is 0 Å². The molecule has 15 heavy (non-hydrogen) atoms. The van der Waals surface area contributed by atoms with Crippen molar-refractivity contribution in [2.24, 2.45) is 5.41 Å². The second kappa shape index (κ2) is 6.32. The molecule has 0 saturated heterocycles. The minimum atomic E-state index is 0.633. The van der Waals surface area contributed by atoms with Crippen LogP contribution in [0.3, 0.4) is 0 Å². The van der Waals surface area contributed by atoms with E-state index in [1.165, 1.54) is 44.9 Å². The number of allylic oxidation sites excluding steroid dienone is 1. The van der Waals surface area contributed by atoms with Crippen LogP contribution in [0.2, 0.25) is 0 Å². The summed E-state index contributed by atoms with van der Waals surface area (Å²) in [6.07, 6.45) is 11.5. The van der Waals surface area contributed by atoms with Crippen molar-refractivity contribution in [3.05, 3.63) is 12.7 Å². The third-order valence-electron chi connectivity index (χ3n) is 3.73. The highest BCUT2D eigenvalue weighted by atomic mass is 14.9. The summed E-state index contributed by atoms with van der Waals surface area (Å²) in [5.74, 6) is 0. The van der Waals surface area contributed by atoms with Crippen LogP contribution < -0.4 is 5.32 Å². The van der Waals surface area contributed by atoms with Gasteiger partial charge in [0.1, 0.15) is 0 Å². The van der Waals surface area contributed by atoms with E-state index in [0.717, 1.165) is 12.6 Å². The third-order valence-corrected chi connectivity index (χ3v) is 3.73. The first kappa shape index (κ1) is 12.8. The zero-order chi connectivity index (χ0) is 11.1. The second-order valence-corrected chi connectivity index (χ2v) is 5.19. The molecule has 0 heterocycles. The molecule has 1 heteroatoms. The number of rotatable bonds is 9. The van der Waals surface area contributed by atoms with E-state index in [0.29, 0.717) is 5.41 Å². The summed E-state index contributed by atoms with van der Waals surface area (Å²) in [7, 11) is 0. The zero-order valence-electron chi connectivity index (χ0n) is 10.5. The highest BCUT2D eigenvalue weighted by molar-refractivity contribution is 4.98. The molecular weight excluding hydrogens is 182 g/mol. The zero-order valence-corrected chi connectivity index (χ0v) is 10.5. The highest BCUT2D eigenvalue weighted by Crippen LogP contribution is 2.49. The van der Waals surface area contributed by atoms with Crippen LogP contribution in [0.5, 0.6) is 0 Å². The first-order valence-corrected chi connectivity index (χ1v) is 6.57. The molecular formula is C14H27N. The van der Waals surface area contributed by atoms with Crippen LogP contribution >= 0.6 is 0 Å². The lowest BCUT2D eigenvalue weighted by atomic mass is 9.93. The quantitative estimate of drug-likeness (QED) is 0.448. The van der Waals surface area contributed by atoms with Gasteiger partial charge in [-0.3, -0.25) is 0 Å². The average molecular weight is 209 g/mol. The van der Waals surface area contributed by atoms with Crippen LogP contribution in [-0.2, 0) is 0 Å². The van der Waals surface area contributed by atoms with Gasteiger partial charge in [-0.15, -0.1) is 6.58 Å². The topological polar surface area (TPSA) is 12.0 Å². The van der Waals surface area contributed by atoms with Crippen LogP contribution in [0.4, 0.5) is 0 Å². The molecule has 88 valence electrons. The minimum absolute atomic E-state index is 0.633. The maximum atomic E-state index is 3.76. The van der Waals surface area contributed by atoms with E-state index in [9.17, 15) is 0 Å². The molecule has 0 radical (unpaired) electrons. The maximum absolute atomic E-state index is 3.76. The van der Waals surface area contributed by atoms with Crippen molar-refractivity contribution in [1.29, 1.82) is 0 Å². The van der Waals surface area contributed by atoms with E-state index in [2.05, 4.69) is 25.7 Å². The fourth-order valence-electron chi connectivity index (χ4n) is 2.30. The van der Waals surface area contributed by atoms with Crippen LogP contribution in [0.1, 0.15) is 58.8 Å². The summed E-state index contributed by atoms with van der Waals surface area (Å²) in [5.41, 5.74) is 0.633. The van der Waals surface area contributed by atoms with Gasteiger partial charge < -0.3 is 5.32 Å². The van der Waals surface area contributed by atoms with Crippen LogP contribution in [0, 0.1) is 5.41 Å². The van der Waals surface area contributed by atoms with Crippen LogP contribution in [0.15, 0.2) is 12.7 Å². The molecule has 0 aromatic heterocycles. The Bertz CT molecular complexity index is 182. The predicted octanol–water partition coefficient (Wildman–Crippen LogP) is 3.90. The largest absolute Gasteiger partial charge is 0.314 e. The van der Waals surface area contributed by atoms with E-state index in [1.807, 2.05) is 6.08 Å². The van der Waals surface area contributed by atoms with E-state index in [4.69, 9.17) is 0 Å². The smallest absolute Gasteiger partial charge is 0.0121 e. The monoisotopic (exact) mass is 209 g/mol. The molecule has 0 spiro atoms. The van der Waals surface area contributed by atoms with Gasteiger partial charge in [0.05, 0.1) is 0 Å². The van der Waals surface area contributed by atoms with E-state index >= 15 is 0 Å². The Morgan fingerprint density at radius 1 is 1.33 bits per heavy atom. The van der Waals surface area contributed by atoms with Crippen LogP contribution in [-0.4, -0.2) is 12.6 Å². The second-order valence-electron chi connectivity index (χ2n) is 5.19. The number of nitrogens with one attached hydrogen (secondary N) is 1. The highest BCUT2D eigenvalue weighted by Gasteiger charge is 2.43. The van der Waals surface area contributed by atoms with E-state index in [1.54, 1.807) is 0 Å². The Kier molecular flexibility index (Phi) is 5.38. The summed E-state index contributed by atoms with van der Waals surface area (Å²) in [6.45, 7) is 9.53. The van der Waals surface area contributed by atoms with E-state index < -0.39 is 0 Å². The molecule has 1 rings (SSSR count). The van der Waals surface area contributed by atoms with Gasteiger partial charge in [-0.25, -0.2) is 0 Å². The Hall–Kier alpha value is -0.300. The molecule has 0 aromatic carbocycles. The molecule has 0 bridgehead atoms. The van der Waals surface area contributed by atoms with Gasteiger partial charge >= 0.3 is 0 Å². The molecule has 1 aliphatic rings. The molecule has 1 nitrogen and oxygen atoms in total. The van der Waals surface area contributed by atoms with Gasteiger partial charge in [0.25, 0.3) is 0 Å². The third kappa shape index (κ3) is 4.38. The van der Waals surface area contributed by atoms with Crippen molar-refractivity contribution in [3.63, 3.8) is 0 Å². The molecule has 1 N–H and O–H groups in total. The normalized spacial score (nSPS) is 19.9. The Morgan fingerprint density at radius 2 is 2.07 bits per heavy atom. The molecule has 0 aromatic rings. The fourth-order valence-corrected chi connectivity index (χ4v) is 2.30. The molecule has 1 saturated carbocycles. The molecule has 1 aliphatic carbocycles. The first-order valence-electron chi connectivity index (χ1n) is 6.57. The minimum Gasteiger partial charge on any atom is -0.314 e. The van der Waals surface area contributed by atoms with E-state index in [-0.39, 0.29) is 0 Å². The summed E-state index contributed by atoms with van der Waals surface area (Å²) in [6, 6.07) is 0.770. The molecule has 0 aliphatic heterocycles. The summed E-state index contributed by atoms with van der Waals surface area (Å²) < 4.78 is 0. The Balaban J connectivity index is 2.12. The van der Waals surface area contributed by atoms with Crippen molar-refractivity contribution in [1.82, 2.24) is 5.32 Å². The van der Waals surface area contributed by atoms with Gasteiger partial charge in [-0.05, 0) is 44.1 Å². The fraction of sp³-hybridized carbons (Fsp3) is 0.857. The number of hydrogen-bond donors (Lipinski definition) is 1. The van der Waals surface area contributed by atoms with Gasteiger partial charge in [0, 0.05) is 6.04 Å². The van der Waals surface area contributed by atoms with Crippen molar-refractivity contribution in [2.45, 2.75) is 64.8 Å². The Labute approximate surface area is 95.3 Å². The van der Waals surface area contributed by atoms with Crippen molar-refractivity contribution in [3.8, 4) is 0 Å². The number of unbranched alkanes of at least 4 members (excludes halogenated alkanes) is 3. The molecule has 1 unspecified atom stereocenters. The van der Waals surface area contributed by atoms with Crippen molar-refractivity contribution in [2.75, 3.05) is 6.54 Å². The van der Waals surface area contributed by atoms with Gasteiger partial charge in [0.15, 0.2) is 0 Å². The lowest BCUT2D eigenvalue weighted by molar-refractivity contribution is 0.333. The summed E-state index contributed by atoms with van der Waals surface area (Å²) >= 11 is 0. The lowest BCUT2D eigenvalue weighted by Gasteiger charge is -2.24. The summed E-state index contributed by atoms with van der Waals surface area (Å²) in [5, 5.41) is 3.66. The molecule has 1 atom stereocenters. The SMILES string of the molecule is C=CCCCCCC(NCC)C1(C)CC1. The first-order chi connectivity index (χ1) is 7.23. The Morgan fingerprint density at radius 3 is 2.60 bits per heavy atom. The summed E-state index contributed by atoms with van der Waals surface area (Å²) in [4.78, 5) is 0. The molecule has 0 amide bonds. The molecule has 1 fully saturated rings. The standard InChI is InChI=1S/C14H27N/c1-4-6-7-8-9-10-13(15-5-2)14(3)11-12-14/h4,13,15H,1,5-12H2,2-3H3. The van der Waals surface area contributed by atoms with Crippen LogP contribution in [0.25, 0.3) is 0 Å². The average Bonchev–Trinajstić information content (AvgIpc) is 2.96. The maximum Gasteiger partial charge on any atom is 0.0121 e. The number of hydrogen-bond acceptors (Lipinski definition) is 1. The van der Waals surface area contributed by atoms with Gasteiger partial charge in [-0.2, -0.15) is 0 Å².